The van der Waals surface area contributed by atoms with E-state index in [-0.39, 0.29) is 0 Å². The smallest absolute Gasteiger partial charge is 0.142 e. The van der Waals surface area contributed by atoms with Crippen molar-refractivity contribution in [3.05, 3.63) is 58.1 Å². The number of nitrogen functional groups attached to an aromatic ring is 1. The van der Waals surface area contributed by atoms with E-state index in [0.29, 0.717) is 12.3 Å². The molecule has 2 rings (SSSR count). The van der Waals surface area contributed by atoms with Crippen LogP contribution >= 0.6 is 15.9 Å². The highest BCUT2D eigenvalue weighted by molar-refractivity contribution is 9.10. The molecule has 0 aliphatic carbocycles. The lowest BCUT2D eigenvalue weighted by molar-refractivity contribution is 0.308. The van der Waals surface area contributed by atoms with Crippen molar-refractivity contribution in [3.8, 4) is 5.75 Å². The van der Waals surface area contributed by atoms with Crippen molar-refractivity contribution in [2.45, 2.75) is 13.5 Å². The number of anilines is 1. The molecular weight excluding hydrogens is 278 g/mol. The largest absolute Gasteiger partial charge is 0.487 e. The number of aryl methyl sites for hydroxylation is 1. The Labute approximate surface area is 110 Å². The van der Waals surface area contributed by atoms with Crippen LogP contribution in [-0.4, -0.2) is 0 Å². The fourth-order valence-electron chi connectivity index (χ4n) is 1.57. The predicted molar refractivity (Wildman–Crippen MR) is 74.1 cm³/mol. The highest BCUT2D eigenvalue weighted by atomic mass is 79.9. The first-order valence-corrected chi connectivity index (χ1v) is 6.18. The number of para-hydroxylation sites is 1. The zero-order chi connectivity index (χ0) is 12.3. The van der Waals surface area contributed by atoms with Crippen LogP contribution in [0.4, 0.5) is 5.69 Å². The van der Waals surface area contributed by atoms with Gasteiger partial charge >= 0.3 is 0 Å². The maximum Gasteiger partial charge on any atom is 0.142 e. The molecule has 0 saturated carbocycles. The van der Waals surface area contributed by atoms with Gasteiger partial charge in [-0.1, -0.05) is 40.2 Å². The van der Waals surface area contributed by atoms with Crippen molar-refractivity contribution >= 4 is 21.6 Å². The van der Waals surface area contributed by atoms with Crippen LogP contribution in [0.25, 0.3) is 0 Å². The summed E-state index contributed by atoms with van der Waals surface area (Å²) < 4.78 is 6.76. The maximum atomic E-state index is 5.94. The lowest BCUT2D eigenvalue weighted by atomic mass is 10.2. The Morgan fingerprint density at radius 3 is 2.71 bits per heavy atom. The molecule has 0 aromatic heterocycles. The molecule has 0 unspecified atom stereocenters. The monoisotopic (exact) mass is 291 g/mol. The number of ether oxygens (including phenoxy) is 1. The van der Waals surface area contributed by atoms with Gasteiger partial charge in [0.1, 0.15) is 12.4 Å². The Hall–Kier alpha value is -1.48. The standard InChI is InChI=1S/C14H14BrNO/c1-10-4-2-7-13(14(10)16)17-9-11-5-3-6-12(15)8-11/h2-8H,9,16H2,1H3. The lowest BCUT2D eigenvalue weighted by Crippen LogP contribution is -1.99. The quantitative estimate of drug-likeness (QED) is 0.870. The van der Waals surface area contributed by atoms with Gasteiger partial charge in [-0.2, -0.15) is 0 Å². The Bertz CT molecular complexity index is 525. The van der Waals surface area contributed by atoms with E-state index in [0.717, 1.165) is 21.3 Å². The molecule has 2 nitrogen and oxygen atoms in total. The summed E-state index contributed by atoms with van der Waals surface area (Å²) in [6.07, 6.45) is 0. The summed E-state index contributed by atoms with van der Waals surface area (Å²) in [6.45, 7) is 2.49. The molecule has 0 heterocycles. The average Bonchev–Trinajstić information content (AvgIpc) is 2.31. The van der Waals surface area contributed by atoms with Crippen LogP contribution in [-0.2, 0) is 6.61 Å². The first-order valence-electron chi connectivity index (χ1n) is 5.39. The van der Waals surface area contributed by atoms with E-state index < -0.39 is 0 Å². The van der Waals surface area contributed by atoms with Crippen LogP contribution in [0.1, 0.15) is 11.1 Å². The van der Waals surface area contributed by atoms with Gasteiger partial charge in [0.2, 0.25) is 0 Å². The molecule has 0 radical (unpaired) electrons. The summed E-state index contributed by atoms with van der Waals surface area (Å²) in [7, 11) is 0. The first kappa shape index (κ1) is 12.0. The molecule has 0 aliphatic heterocycles. The summed E-state index contributed by atoms with van der Waals surface area (Å²) in [5.41, 5.74) is 8.80. The molecule has 88 valence electrons. The average molecular weight is 292 g/mol. The van der Waals surface area contributed by atoms with Crippen LogP contribution in [0, 0.1) is 6.92 Å². The maximum absolute atomic E-state index is 5.94. The molecule has 2 N–H and O–H groups in total. The highest BCUT2D eigenvalue weighted by Gasteiger charge is 2.03. The number of nitrogens with two attached hydrogens (primary N) is 1. The Kier molecular flexibility index (Phi) is 3.69. The molecule has 2 aromatic rings. The molecule has 2 aromatic carbocycles. The van der Waals surface area contributed by atoms with Crippen molar-refractivity contribution in [2.75, 3.05) is 5.73 Å². The van der Waals surface area contributed by atoms with E-state index in [4.69, 9.17) is 10.5 Å². The van der Waals surface area contributed by atoms with E-state index in [1.807, 2.05) is 49.4 Å². The van der Waals surface area contributed by atoms with Gasteiger partial charge in [0.05, 0.1) is 5.69 Å². The van der Waals surface area contributed by atoms with Crippen molar-refractivity contribution in [1.82, 2.24) is 0 Å². The minimum Gasteiger partial charge on any atom is -0.487 e. The van der Waals surface area contributed by atoms with E-state index in [9.17, 15) is 0 Å². The zero-order valence-corrected chi connectivity index (χ0v) is 11.2. The van der Waals surface area contributed by atoms with E-state index in [1.54, 1.807) is 0 Å². The van der Waals surface area contributed by atoms with Gasteiger partial charge in [0, 0.05) is 4.47 Å². The third kappa shape index (κ3) is 3.01. The first-order chi connectivity index (χ1) is 8.16. The number of rotatable bonds is 3. The van der Waals surface area contributed by atoms with Gasteiger partial charge in [-0.25, -0.2) is 0 Å². The molecule has 0 atom stereocenters. The molecule has 0 spiro atoms. The Balaban J connectivity index is 2.10. The molecule has 0 aliphatic rings. The zero-order valence-electron chi connectivity index (χ0n) is 9.61. The van der Waals surface area contributed by atoms with Crippen LogP contribution in [0.3, 0.4) is 0 Å². The second kappa shape index (κ2) is 5.23. The second-order valence-corrected chi connectivity index (χ2v) is 4.82. The van der Waals surface area contributed by atoms with Crippen LogP contribution in [0.2, 0.25) is 0 Å². The van der Waals surface area contributed by atoms with E-state index in [2.05, 4.69) is 15.9 Å². The van der Waals surface area contributed by atoms with Crippen LogP contribution in [0.15, 0.2) is 46.9 Å². The van der Waals surface area contributed by atoms with E-state index >= 15 is 0 Å². The van der Waals surface area contributed by atoms with Crippen molar-refractivity contribution in [2.24, 2.45) is 0 Å². The molecule has 0 amide bonds. The summed E-state index contributed by atoms with van der Waals surface area (Å²) >= 11 is 3.43. The van der Waals surface area contributed by atoms with Crippen molar-refractivity contribution in [3.63, 3.8) is 0 Å². The topological polar surface area (TPSA) is 35.2 Å². The summed E-state index contributed by atoms with van der Waals surface area (Å²) in [5, 5.41) is 0. The number of benzene rings is 2. The summed E-state index contributed by atoms with van der Waals surface area (Å²) in [4.78, 5) is 0. The predicted octanol–water partition coefficient (Wildman–Crippen LogP) is 3.92. The number of hydrogen-bond donors (Lipinski definition) is 1. The fourth-order valence-corrected chi connectivity index (χ4v) is 2.01. The number of hydrogen-bond acceptors (Lipinski definition) is 2. The van der Waals surface area contributed by atoms with Gasteiger partial charge in [-0.3, -0.25) is 0 Å². The Morgan fingerprint density at radius 1 is 1.18 bits per heavy atom. The van der Waals surface area contributed by atoms with Gasteiger partial charge in [-0.05, 0) is 36.2 Å². The summed E-state index contributed by atoms with van der Waals surface area (Å²) in [5.74, 6) is 0.741. The molecular formula is C14H14BrNO. The van der Waals surface area contributed by atoms with Gasteiger partial charge in [0.25, 0.3) is 0 Å². The minimum atomic E-state index is 0.521. The normalized spacial score (nSPS) is 10.2. The van der Waals surface area contributed by atoms with Crippen molar-refractivity contribution in [1.29, 1.82) is 0 Å². The van der Waals surface area contributed by atoms with Gasteiger partial charge < -0.3 is 10.5 Å². The van der Waals surface area contributed by atoms with Crippen LogP contribution in [0.5, 0.6) is 5.75 Å². The fraction of sp³-hybridized carbons (Fsp3) is 0.143. The molecule has 0 bridgehead atoms. The van der Waals surface area contributed by atoms with E-state index in [1.165, 1.54) is 0 Å². The molecule has 0 fully saturated rings. The number of halogens is 1. The van der Waals surface area contributed by atoms with Crippen molar-refractivity contribution < 1.29 is 4.74 Å². The summed E-state index contributed by atoms with van der Waals surface area (Å²) in [6, 6.07) is 13.8. The van der Waals surface area contributed by atoms with Gasteiger partial charge in [-0.15, -0.1) is 0 Å². The highest BCUT2D eigenvalue weighted by Crippen LogP contribution is 2.25. The molecule has 3 heteroatoms. The Morgan fingerprint density at radius 2 is 1.94 bits per heavy atom. The van der Waals surface area contributed by atoms with Gasteiger partial charge in [0.15, 0.2) is 0 Å². The second-order valence-electron chi connectivity index (χ2n) is 3.91. The molecule has 17 heavy (non-hydrogen) atoms. The third-order valence-corrected chi connectivity index (χ3v) is 3.06. The lowest BCUT2D eigenvalue weighted by Gasteiger charge is -2.10. The molecule has 0 saturated heterocycles. The third-order valence-electron chi connectivity index (χ3n) is 2.57. The SMILES string of the molecule is Cc1cccc(OCc2cccc(Br)c2)c1N. The van der Waals surface area contributed by atoms with Crippen LogP contribution < -0.4 is 10.5 Å². The minimum absolute atomic E-state index is 0.521.